The molecule has 0 bridgehead atoms. The van der Waals surface area contributed by atoms with Crippen LogP contribution in [0, 0.1) is 0 Å². The van der Waals surface area contributed by atoms with Crippen LogP contribution < -0.4 is 4.74 Å². The number of aryl methyl sites for hydroxylation is 2. The maximum absolute atomic E-state index is 5.82. The van der Waals surface area contributed by atoms with E-state index in [9.17, 15) is 0 Å². The number of rotatable bonds is 5. The maximum atomic E-state index is 5.82. The fourth-order valence-electron chi connectivity index (χ4n) is 1.84. The molecular formula is C14H16Br2N2O. The van der Waals surface area contributed by atoms with Gasteiger partial charge in [0.1, 0.15) is 12.4 Å². The number of hydrogen-bond donors (Lipinski definition) is 0. The SMILES string of the molecule is CCc1nn(CC)c(COc2ccc(Br)cc2)c1Br. The average molecular weight is 388 g/mol. The summed E-state index contributed by atoms with van der Waals surface area (Å²) in [4.78, 5) is 0. The van der Waals surface area contributed by atoms with Gasteiger partial charge in [-0.3, -0.25) is 4.68 Å². The number of ether oxygens (including phenoxy) is 1. The first kappa shape index (κ1) is 14.6. The van der Waals surface area contributed by atoms with Gasteiger partial charge < -0.3 is 4.74 Å². The molecule has 2 aromatic rings. The molecule has 0 spiro atoms. The molecule has 102 valence electrons. The minimum absolute atomic E-state index is 0.517. The molecule has 0 aliphatic rings. The summed E-state index contributed by atoms with van der Waals surface area (Å²) in [6.45, 7) is 5.55. The van der Waals surface area contributed by atoms with Crippen LogP contribution in [0.15, 0.2) is 33.2 Å². The van der Waals surface area contributed by atoms with Crippen LogP contribution in [0.4, 0.5) is 0 Å². The van der Waals surface area contributed by atoms with E-state index in [-0.39, 0.29) is 0 Å². The van der Waals surface area contributed by atoms with E-state index in [1.165, 1.54) is 0 Å². The van der Waals surface area contributed by atoms with Gasteiger partial charge in [-0.1, -0.05) is 22.9 Å². The Hall–Kier alpha value is -0.810. The minimum atomic E-state index is 0.517. The van der Waals surface area contributed by atoms with Crippen LogP contribution in [-0.2, 0) is 19.6 Å². The second kappa shape index (κ2) is 6.57. The third-order valence-corrected chi connectivity index (χ3v) is 4.33. The molecule has 0 radical (unpaired) electrons. The number of benzene rings is 1. The van der Waals surface area contributed by atoms with Crippen molar-refractivity contribution in [1.29, 1.82) is 0 Å². The Morgan fingerprint density at radius 2 is 1.84 bits per heavy atom. The highest BCUT2D eigenvalue weighted by molar-refractivity contribution is 9.10. The van der Waals surface area contributed by atoms with Crippen molar-refractivity contribution in [2.24, 2.45) is 0 Å². The van der Waals surface area contributed by atoms with Crippen molar-refractivity contribution in [3.8, 4) is 5.75 Å². The normalized spacial score (nSPS) is 10.7. The van der Waals surface area contributed by atoms with E-state index in [1.54, 1.807) is 0 Å². The molecule has 0 saturated heterocycles. The quantitative estimate of drug-likeness (QED) is 0.751. The van der Waals surface area contributed by atoms with Gasteiger partial charge >= 0.3 is 0 Å². The predicted molar refractivity (Wildman–Crippen MR) is 83.5 cm³/mol. The molecule has 0 aliphatic heterocycles. The number of nitrogens with zero attached hydrogens (tertiary/aromatic N) is 2. The topological polar surface area (TPSA) is 27.1 Å². The van der Waals surface area contributed by atoms with E-state index in [0.717, 1.165) is 39.0 Å². The molecule has 3 nitrogen and oxygen atoms in total. The lowest BCUT2D eigenvalue weighted by Crippen LogP contribution is -2.06. The van der Waals surface area contributed by atoms with Crippen molar-refractivity contribution in [3.63, 3.8) is 0 Å². The third-order valence-electron chi connectivity index (χ3n) is 2.88. The molecule has 0 N–H and O–H groups in total. The van der Waals surface area contributed by atoms with Gasteiger partial charge in [-0.25, -0.2) is 0 Å². The number of halogens is 2. The molecule has 5 heteroatoms. The fourth-order valence-corrected chi connectivity index (χ4v) is 2.78. The van der Waals surface area contributed by atoms with Gasteiger partial charge in [-0.15, -0.1) is 0 Å². The van der Waals surface area contributed by atoms with Crippen LogP contribution in [0.3, 0.4) is 0 Å². The first-order chi connectivity index (χ1) is 9.15. The van der Waals surface area contributed by atoms with Gasteiger partial charge in [0.15, 0.2) is 0 Å². The molecule has 0 saturated carbocycles. The summed E-state index contributed by atoms with van der Waals surface area (Å²) in [5.41, 5.74) is 2.17. The zero-order valence-electron chi connectivity index (χ0n) is 11.0. The molecule has 0 aliphatic carbocycles. The van der Waals surface area contributed by atoms with E-state index in [0.29, 0.717) is 6.61 Å². The first-order valence-corrected chi connectivity index (χ1v) is 7.86. The van der Waals surface area contributed by atoms with Crippen LogP contribution in [0.5, 0.6) is 5.75 Å². The van der Waals surface area contributed by atoms with Gasteiger partial charge in [-0.05, 0) is 53.5 Å². The second-order valence-corrected chi connectivity index (χ2v) is 5.83. The van der Waals surface area contributed by atoms with Gasteiger partial charge in [0.25, 0.3) is 0 Å². The molecule has 0 unspecified atom stereocenters. The smallest absolute Gasteiger partial charge is 0.131 e. The summed E-state index contributed by atoms with van der Waals surface area (Å²) >= 11 is 7.03. The molecule has 1 aromatic heterocycles. The molecule has 19 heavy (non-hydrogen) atoms. The summed E-state index contributed by atoms with van der Waals surface area (Å²) in [6, 6.07) is 7.84. The van der Waals surface area contributed by atoms with Crippen LogP contribution in [0.1, 0.15) is 25.2 Å². The Morgan fingerprint density at radius 3 is 2.42 bits per heavy atom. The third kappa shape index (κ3) is 3.39. The van der Waals surface area contributed by atoms with Gasteiger partial charge in [0.05, 0.1) is 15.9 Å². The standard InChI is InChI=1S/C14H16Br2N2O/c1-3-12-14(16)13(18(4-2)17-12)9-19-11-7-5-10(15)6-8-11/h5-8H,3-4,9H2,1-2H3. The predicted octanol–water partition coefficient (Wildman–Crippen LogP) is 4.57. The Kier molecular flexibility index (Phi) is 5.05. The largest absolute Gasteiger partial charge is 0.487 e. The van der Waals surface area contributed by atoms with Crippen molar-refractivity contribution < 1.29 is 4.74 Å². The lowest BCUT2D eigenvalue weighted by molar-refractivity contribution is 0.291. The Morgan fingerprint density at radius 1 is 1.16 bits per heavy atom. The molecule has 2 rings (SSSR count). The zero-order chi connectivity index (χ0) is 13.8. The highest BCUT2D eigenvalue weighted by atomic mass is 79.9. The molecule has 1 heterocycles. The summed E-state index contributed by atoms with van der Waals surface area (Å²) in [5, 5.41) is 4.56. The average Bonchev–Trinajstić information content (AvgIpc) is 2.74. The summed E-state index contributed by atoms with van der Waals surface area (Å²) in [5.74, 6) is 0.858. The van der Waals surface area contributed by atoms with Gasteiger partial charge in [-0.2, -0.15) is 5.10 Å². The van der Waals surface area contributed by atoms with Crippen LogP contribution in [-0.4, -0.2) is 9.78 Å². The molecule has 0 amide bonds. The van der Waals surface area contributed by atoms with E-state index < -0.39 is 0 Å². The Balaban J connectivity index is 2.14. The Labute approximate surface area is 130 Å². The van der Waals surface area contributed by atoms with E-state index in [1.807, 2.05) is 28.9 Å². The highest BCUT2D eigenvalue weighted by Gasteiger charge is 2.14. The van der Waals surface area contributed by atoms with Crippen molar-refractivity contribution in [1.82, 2.24) is 9.78 Å². The van der Waals surface area contributed by atoms with Gasteiger partial charge in [0, 0.05) is 11.0 Å². The summed E-state index contributed by atoms with van der Waals surface area (Å²) in [7, 11) is 0. The van der Waals surface area contributed by atoms with Crippen molar-refractivity contribution in [3.05, 3.63) is 44.6 Å². The van der Waals surface area contributed by atoms with Gasteiger partial charge in [0.2, 0.25) is 0 Å². The minimum Gasteiger partial charge on any atom is -0.487 e. The highest BCUT2D eigenvalue weighted by Crippen LogP contribution is 2.24. The summed E-state index contributed by atoms with van der Waals surface area (Å²) < 4.78 is 9.92. The van der Waals surface area contributed by atoms with Crippen LogP contribution >= 0.6 is 31.9 Å². The lowest BCUT2D eigenvalue weighted by Gasteiger charge is -2.08. The molecule has 0 fully saturated rings. The van der Waals surface area contributed by atoms with Crippen molar-refractivity contribution in [2.45, 2.75) is 33.4 Å². The molecule has 0 atom stereocenters. The number of aromatic nitrogens is 2. The zero-order valence-corrected chi connectivity index (χ0v) is 14.2. The van der Waals surface area contributed by atoms with E-state index >= 15 is 0 Å². The van der Waals surface area contributed by atoms with E-state index in [2.05, 4.69) is 50.8 Å². The first-order valence-electron chi connectivity index (χ1n) is 6.28. The fraction of sp³-hybridized carbons (Fsp3) is 0.357. The Bertz CT molecular complexity index is 549. The maximum Gasteiger partial charge on any atom is 0.131 e. The summed E-state index contributed by atoms with van der Waals surface area (Å²) in [6.07, 6.45) is 0.916. The van der Waals surface area contributed by atoms with E-state index in [4.69, 9.17) is 4.74 Å². The van der Waals surface area contributed by atoms with Crippen LogP contribution in [0.25, 0.3) is 0 Å². The van der Waals surface area contributed by atoms with Crippen molar-refractivity contribution in [2.75, 3.05) is 0 Å². The molecular weight excluding hydrogens is 372 g/mol. The number of hydrogen-bond acceptors (Lipinski definition) is 2. The molecule has 1 aromatic carbocycles. The second-order valence-electron chi connectivity index (χ2n) is 4.12. The van der Waals surface area contributed by atoms with Crippen molar-refractivity contribution >= 4 is 31.9 Å². The lowest BCUT2D eigenvalue weighted by atomic mass is 10.3. The monoisotopic (exact) mass is 386 g/mol. The van der Waals surface area contributed by atoms with Crippen LogP contribution in [0.2, 0.25) is 0 Å².